The number of likely N-dealkylation sites (N-methyl/N-ethyl adjacent to an activating group) is 1. The third kappa shape index (κ3) is 2.20. The molecule has 0 aliphatic carbocycles. The largest absolute Gasteiger partial charge is 0.493 e. The molecule has 0 radical (unpaired) electrons. The number of ketones is 1. The fraction of sp³-hybridized carbons (Fsp3) is 0.500. The smallest absolute Gasteiger partial charge is 0.185 e. The van der Waals surface area contributed by atoms with Gasteiger partial charge < -0.3 is 10.1 Å². The van der Waals surface area contributed by atoms with Crippen LogP contribution in [-0.2, 0) is 6.42 Å². The lowest BCUT2D eigenvalue weighted by Crippen LogP contribution is -2.44. The number of hydrogen-bond donors (Lipinski definition) is 1. The van der Waals surface area contributed by atoms with E-state index in [9.17, 15) is 4.79 Å². The van der Waals surface area contributed by atoms with Gasteiger partial charge >= 0.3 is 0 Å². The maximum atomic E-state index is 12.4. The van der Waals surface area contributed by atoms with E-state index in [0.29, 0.717) is 12.2 Å². The number of benzene rings is 1. The van der Waals surface area contributed by atoms with Crippen molar-refractivity contribution in [2.45, 2.75) is 32.2 Å². The predicted octanol–water partition coefficient (Wildman–Crippen LogP) is 2.19. The summed E-state index contributed by atoms with van der Waals surface area (Å²) in [7, 11) is 1.80. The first kappa shape index (κ1) is 12.1. The zero-order chi connectivity index (χ0) is 12.5. The lowest BCUT2D eigenvalue weighted by atomic mass is 9.90. The summed E-state index contributed by atoms with van der Waals surface area (Å²) in [6.07, 6.45) is 2.02. The Labute approximate surface area is 102 Å². The first-order valence-electron chi connectivity index (χ1n) is 6.04. The summed E-state index contributed by atoms with van der Waals surface area (Å²) in [5.41, 5.74) is 1.28. The summed E-state index contributed by atoms with van der Waals surface area (Å²) in [4.78, 5) is 12.4. The van der Waals surface area contributed by atoms with Crippen molar-refractivity contribution >= 4 is 5.78 Å². The number of ether oxygens (including phenoxy) is 1. The average molecular weight is 233 g/mol. The molecule has 92 valence electrons. The number of carbonyl (C=O) groups is 1. The van der Waals surface area contributed by atoms with E-state index in [1.165, 1.54) is 0 Å². The second-order valence-corrected chi connectivity index (χ2v) is 4.95. The molecule has 0 amide bonds. The lowest BCUT2D eigenvalue weighted by molar-refractivity contribution is 0.0884. The highest BCUT2D eigenvalue weighted by Gasteiger charge is 2.30. The minimum Gasteiger partial charge on any atom is -0.493 e. The number of para-hydroxylation sites is 1. The Morgan fingerprint density at radius 2 is 2.18 bits per heavy atom. The summed E-state index contributed by atoms with van der Waals surface area (Å²) in [6, 6.07) is 5.83. The Morgan fingerprint density at radius 1 is 1.41 bits per heavy atom. The van der Waals surface area contributed by atoms with Gasteiger partial charge in [0, 0.05) is 0 Å². The minimum atomic E-state index is -0.560. The number of nitrogens with one attached hydrogen (secondary N) is 1. The summed E-state index contributed by atoms with van der Waals surface area (Å²) in [5.74, 6) is 0.867. The summed E-state index contributed by atoms with van der Waals surface area (Å²) < 4.78 is 5.67. The molecular formula is C14H19NO2. The van der Waals surface area contributed by atoms with Gasteiger partial charge in [-0.3, -0.25) is 4.79 Å². The van der Waals surface area contributed by atoms with Crippen molar-refractivity contribution in [1.29, 1.82) is 0 Å². The van der Waals surface area contributed by atoms with Crippen molar-refractivity contribution < 1.29 is 9.53 Å². The molecule has 1 N–H and O–H groups in total. The van der Waals surface area contributed by atoms with Crippen molar-refractivity contribution in [3.8, 4) is 5.75 Å². The van der Waals surface area contributed by atoms with E-state index in [4.69, 9.17) is 4.74 Å². The Bertz CT molecular complexity index is 438. The predicted molar refractivity (Wildman–Crippen MR) is 67.7 cm³/mol. The summed E-state index contributed by atoms with van der Waals surface area (Å²) >= 11 is 0. The highest BCUT2D eigenvalue weighted by molar-refractivity contribution is 6.05. The molecule has 1 aromatic carbocycles. The third-order valence-corrected chi connectivity index (χ3v) is 3.37. The van der Waals surface area contributed by atoms with Crippen LogP contribution < -0.4 is 10.1 Å². The third-order valence-electron chi connectivity index (χ3n) is 3.37. The van der Waals surface area contributed by atoms with Crippen molar-refractivity contribution in [3.05, 3.63) is 29.3 Å². The van der Waals surface area contributed by atoms with E-state index in [1.54, 1.807) is 7.05 Å². The van der Waals surface area contributed by atoms with E-state index >= 15 is 0 Å². The van der Waals surface area contributed by atoms with Crippen LogP contribution in [0.15, 0.2) is 18.2 Å². The van der Waals surface area contributed by atoms with Crippen LogP contribution in [0, 0.1) is 0 Å². The topological polar surface area (TPSA) is 38.3 Å². The molecule has 17 heavy (non-hydrogen) atoms. The molecule has 2 rings (SSSR count). The Kier molecular flexibility index (Phi) is 3.20. The SMILES string of the molecule is CNC(C)(C)C(=O)c1cccc2c1OCCC2. The van der Waals surface area contributed by atoms with E-state index in [-0.39, 0.29) is 5.78 Å². The second kappa shape index (κ2) is 4.49. The quantitative estimate of drug-likeness (QED) is 0.813. The molecule has 0 bridgehead atoms. The van der Waals surface area contributed by atoms with E-state index in [2.05, 4.69) is 5.32 Å². The molecule has 0 aromatic heterocycles. The van der Waals surface area contributed by atoms with Crippen LogP contribution in [0.5, 0.6) is 5.75 Å². The van der Waals surface area contributed by atoms with Gasteiger partial charge in [-0.2, -0.15) is 0 Å². The van der Waals surface area contributed by atoms with E-state index in [0.717, 1.165) is 24.2 Å². The normalized spacial score (nSPS) is 15.0. The number of aryl methyl sites for hydroxylation is 1. The van der Waals surface area contributed by atoms with Crippen LogP contribution in [0.3, 0.4) is 0 Å². The van der Waals surface area contributed by atoms with Crippen LogP contribution in [-0.4, -0.2) is 25.0 Å². The molecule has 1 heterocycles. The number of carbonyl (C=O) groups excluding carboxylic acids is 1. The molecule has 0 spiro atoms. The summed E-state index contributed by atoms with van der Waals surface area (Å²) in [5, 5.41) is 3.04. The van der Waals surface area contributed by atoms with Crippen LogP contribution in [0.2, 0.25) is 0 Å². The van der Waals surface area contributed by atoms with Crippen LogP contribution in [0.25, 0.3) is 0 Å². The molecule has 0 saturated heterocycles. The molecule has 1 aliphatic heterocycles. The average Bonchev–Trinajstić information content (AvgIpc) is 2.37. The highest BCUT2D eigenvalue weighted by atomic mass is 16.5. The van der Waals surface area contributed by atoms with Gasteiger partial charge in [-0.05, 0) is 45.4 Å². The van der Waals surface area contributed by atoms with Crippen molar-refractivity contribution in [2.24, 2.45) is 0 Å². The first-order chi connectivity index (χ1) is 8.06. The van der Waals surface area contributed by atoms with Gasteiger partial charge in [-0.25, -0.2) is 0 Å². The number of hydrogen-bond acceptors (Lipinski definition) is 3. The maximum Gasteiger partial charge on any atom is 0.185 e. The zero-order valence-electron chi connectivity index (χ0n) is 10.7. The minimum absolute atomic E-state index is 0.0822. The summed E-state index contributed by atoms with van der Waals surface area (Å²) in [6.45, 7) is 4.48. The molecule has 0 saturated carbocycles. The Morgan fingerprint density at radius 3 is 2.88 bits per heavy atom. The van der Waals surface area contributed by atoms with Crippen LogP contribution in [0.4, 0.5) is 0 Å². The van der Waals surface area contributed by atoms with Gasteiger partial charge in [0.1, 0.15) is 5.75 Å². The standard InChI is InChI=1S/C14H19NO2/c1-14(2,15-3)13(16)11-8-4-6-10-7-5-9-17-12(10)11/h4,6,8,15H,5,7,9H2,1-3H3. The van der Waals surface area contributed by atoms with Crippen LogP contribution >= 0.6 is 0 Å². The van der Waals surface area contributed by atoms with E-state index in [1.807, 2.05) is 32.0 Å². The first-order valence-corrected chi connectivity index (χ1v) is 6.04. The van der Waals surface area contributed by atoms with Crippen molar-refractivity contribution in [3.63, 3.8) is 0 Å². The van der Waals surface area contributed by atoms with E-state index < -0.39 is 5.54 Å². The van der Waals surface area contributed by atoms with Gasteiger partial charge in [0.15, 0.2) is 5.78 Å². The fourth-order valence-electron chi connectivity index (χ4n) is 2.02. The molecule has 1 aliphatic rings. The molecule has 0 unspecified atom stereocenters. The highest BCUT2D eigenvalue weighted by Crippen LogP contribution is 2.31. The van der Waals surface area contributed by atoms with Gasteiger partial charge in [-0.15, -0.1) is 0 Å². The monoisotopic (exact) mass is 233 g/mol. The Hall–Kier alpha value is -1.35. The number of rotatable bonds is 3. The molecule has 3 heteroatoms. The van der Waals surface area contributed by atoms with Gasteiger partial charge in [0.2, 0.25) is 0 Å². The number of Topliss-reactive ketones (excluding diaryl/α,β-unsaturated/α-hetero) is 1. The van der Waals surface area contributed by atoms with Crippen molar-refractivity contribution in [2.75, 3.05) is 13.7 Å². The molecular weight excluding hydrogens is 214 g/mol. The molecule has 0 atom stereocenters. The van der Waals surface area contributed by atoms with Gasteiger partial charge in [-0.1, -0.05) is 12.1 Å². The van der Waals surface area contributed by atoms with Crippen molar-refractivity contribution in [1.82, 2.24) is 5.32 Å². The molecule has 0 fully saturated rings. The zero-order valence-corrected chi connectivity index (χ0v) is 10.7. The fourth-order valence-corrected chi connectivity index (χ4v) is 2.02. The number of fused-ring (bicyclic) bond motifs is 1. The van der Waals surface area contributed by atoms with Gasteiger partial charge in [0.25, 0.3) is 0 Å². The maximum absolute atomic E-state index is 12.4. The molecule has 3 nitrogen and oxygen atoms in total. The second-order valence-electron chi connectivity index (χ2n) is 4.95. The van der Waals surface area contributed by atoms with Gasteiger partial charge in [0.05, 0.1) is 17.7 Å². The molecule has 1 aromatic rings. The Balaban J connectivity index is 2.42. The lowest BCUT2D eigenvalue weighted by Gasteiger charge is -2.26. The van der Waals surface area contributed by atoms with Crippen LogP contribution in [0.1, 0.15) is 36.2 Å².